The molecule has 2 aliphatic heterocycles. The van der Waals surface area contributed by atoms with E-state index in [0.717, 1.165) is 62.2 Å². The monoisotopic (exact) mass is 335 g/mol. The zero-order valence-corrected chi connectivity index (χ0v) is 14.3. The van der Waals surface area contributed by atoms with Gasteiger partial charge >= 0.3 is 6.03 Å². The standard InChI is InChI=1S/C17H25N3O2S/c21-17(19-16-15(13-3-4-13)18-11-23-16)20-7-1-2-14(10-20)12-5-8-22-9-6-12/h11-14H,1-10H2,(H,19,21). The number of aromatic nitrogens is 1. The number of rotatable bonds is 3. The summed E-state index contributed by atoms with van der Waals surface area (Å²) in [5.74, 6) is 1.94. The van der Waals surface area contributed by atoms with Crippen molar-refractivity contribution in [2.24, 2.45) is 11.8 Å². The SMILES string of the molecule is O=C(Nc1scnc1C1CC1)N1CCCC(C2CCOCC2)C1. The number of nitrogens with zero attached hydrogens (tertiary/aromatic N) is 2. The molecule has 2 saturated heterocycles. The van der Waals surface area contributed by atoms with E-state index in [1.54, 1.807) is 11.3 Å². The van der Waals surface area contributed by atoms with E-state index in [-0.39, 0.29) is 6.03 Å². The predicted molar refractivity (Wildman–Crippen MR) is 90.9 cm³/mol. The number of hydrogen-bond acceptors (Lipinski definition) is 4. The first-order chi connectivity index (χ1) is 11.3. The Labute approximate surface area is 141 Å². The summed E-state index contributed by atoms with van der Waals surface area (Å²) in [7, 11) is 0. The number of hydrogen-bond donors (Lipinski definition) is 1. The van der Waals surface area contributed by atoms with Crippen molar-refractivity contribution in [1.82, 2.24) is 9.88 Å². The van der Waals surface area contributed by atoms with Crippen LogP contribution >= 0.6 is 11.3 Å². The van der Waals surface area contributed by atoms with Gasteiger partial charge in [0, 0.05) is 32.2 Å². The number of ether oxygens (including phenoxy) is 1. The van der Waals surface area contributed by atoms with E-state index in [0.29, 0.717) is 11.8 Å². The molecule has 0 aromatic carbocycles. The third-order valence-electron chi connectivity index (χ3n) is 5.46. The molecule has 1 atom stereocenters. The molecule has 4 rings (SSSR count). The van der Waals surface area contributed by atoms with Gasteiger partial charge in [-0.25, -0.2) is 9.78 Å². The fourth-order valence-corrected chi connectivity index (χ4v) is 4.70. The average molecular weight is 335 g/mol. The zero-order valence-electron chi connectivity index (χ0n) is 13.5. The molecule has 0 bridgehead atoms. The Morgan fingerprint density at radius 1 is 1.22 bits per heavy atom. The molecular weight excluding hydrogens is 310 g/mol. The second kappa shape index (κ2) is 6.77. The molecule has 1 saturated carbocycles. The summed E-state index contributed by atoms with van der Waals surface area (Å²) in [6.07, 6.45) is 7.10. The van der Waals surface area contributed by atoms with Crippen LogP contribution in [0, 0.1) is 11.8 Å². The van der Waals surface area contributed by atoms with Crippen LogP contribution in [0.2, 0.25) is 0 Å². The summed E-state index contributed by atoms with van der Waals surface area (Å²) in [5, 5.41) is 4.09. The van der Waals surface area contributed by atoms with Crippen LogP contribution in [-0.2, 0) is 4.74 Å². The minimum atomic E-state index is 0.0629. The van der Waals surface area contributed by atoms with Crippen molar-refractivity contribution in [2.45, 2.75) is 44.4 Å². The average Bonchev–Trinajstić information content (AvgIpc) is 3.35. The van der Waals surface area contributed by atoms with E-state index >= 15 is 0 Å². The van der Waals surface area contributed by atoms with E-state index in [1.807, 2.05) is 10.4 Å². The van der Waals surface area contributed by atoms with Gasteiger partial charge in [0.15, 0.2) is 0 Å². The number of urea groups is 1. The quantitative estimate of drug-likeness (QED) is 0.916. The van der Waals surface area contributed by atoms with Gasteiger partial charge in [-0.15, -0.1) is 11.3 Å². The lowest BCUT2D eigenvalue weighted by molar-refractivity contribution is 0.0322. The molecule has 1 aromatic rings. The summed E-state index contributed by atoms with van der Waals surface area (Å²) in [4.78, 5) is 19.1. The lowest BCUT2D eigenvalue weighted by Crippen LogP contribution is -2.44. The summed E-state index contributed by atoms with van der Waals surface area (Å²) < 4.78 is 5.48. The van der Waals surface area contributed by atoms with Gasteiger partial charge in [-0.05, 0) is 50.4 Å². The van der Waals surface area contributed by atoms with Crippen LogP contribution in [0.4, 0.5) is 9.80 Å². The fourth-order valence-electron chi connectivity index (χ4n) is 3.94. The number of amides is 2. The van der Waals surface area contributed by atoms with E-state index < -0.39 is 0 Å². The highest BCUT2D eigenvalue weighted by Crippen LogP contribution is 2.44. The fraction of sp³-hybridized carbons (Fsp3) is 0.765. The molecule has 1 unspecified atom stereocenters. The molecule has 3 aliphatic rings. The molecule has 126 valence electrons. The van der Waals surface area contributed by atoms with Gasteiger partial charge in [-0.1, -0.05) is 0 Å². The highest BCUT2D eigenvalue weighted by molar-refractivity contribution is 7.14. The lowest BCUT2D eigenvalue weighted by atomic mass is 9.81. The van der Waals surface area contributed by atoms with Gasteiger partial charge < -0.3 is 9.64 Å². The van der Waals surface area contributed by atoms with Crippen LogP contribution in [0.5, 0.6) is 0 Å². The van der Waals surface area contributed by atoms with Crippen LogP contribution in [0.15, 0.2) is 5.51 Å². The minimum absolute atomic E-state index is 0.0629. The second-order valence-electron chi connectivity index (χ2n) is 7.07. The molecule has 3 heterocycles. The van der Waals surface area contributed by atoms with Crippen molar-refractivity contribution in [3.8, 4) is 0 Å². The van der Waals surface area contributed by atoms with Crippen molar-refractivity contribution in [3.63, 3.8) is 0 Å². The number of anilines is 1. The smallest absolute Gasteiger partial charge is 0.322 e. The molecule has 1 aromatic heterocycles. The van der Waals surface area contributed by atoms with Crippen molar-refractivity contribution in [3.05, 3.63) is 11.2 Å². The Morgan fingerprint density at radius 3 is 2.83 bits per heavy atom. The van der Waals surface area contributed by atoms with Crippen LogP contribution in [-0.4, -0.2) is 42.2 Å². The third kappa shape index (κ3) is 3.53. The third-order valence-corrected chi connectivity index (χ3v) is 6.21. The highest BCUT2D eigenvalue weighted by atomic mass is 32.1. The predicted octanol–water partition coefficient (Wildman–Crippen LogP) is 3.69. The maximum atomic E-state index is 12.7. The topological polar surface area (TPSA) is 54.5 Å². The number of carbonyl (C=O) groups excluding carboxylic acids is 1. The first-order valence-corrected chi connectivity index (χ1v) is 9.76. The number of thiazole rings is 1. The van der Waals surface area contributed by atoms with Gasteiger partial charge in [0.05, 0.1) is 11.2 Å². The van der Waals surface area contributed by atoms with E-state index in [2.05, 4.69) is 10.3 Å². The van der Waals surface area contributed by atoms with Crippen molar-refractivity contribution >= 4 is 22.4 Å². The normalized spacial score (nSPS) is 26.3. The van der Waals surface area contributed by atoms with Crippen LogP contribution in [0.1, 0.15) is 50.1 Å². The summed E-state index contributed by atoms with van der Waals surface area (Å²) >= 11 is 1.55. The van der Waals surface area contributed by atoms with E-state index in [1.165, 1.54) is 19.3 Å². The number of nitrogens with one attached hydrogen (secondary N) is 1. The molecule has 5 nitrogen and oxygen atoms in total. The number of piperidine rings is 1. The second-order valence-corrected chi connectivity index (χ2v) is 7.92. The van der Waals surface area contributed by atoms with Crippen LogP contribution in [0.25, 0.3) is 0 Å². The molecule has 0 radical (unpaired) electrons. The Balaban J connectivity index is 1.36. The van der Waals surface area contributed by atoms with Crippen molar-refractivity contribution in [1.29, 1.82) is 0 Å². The Kier molecular flexibility index (Phi) is 4.53. The Morgan fingerprint density at radius 2 is 2.04 bits per heavy atom. The maximum absolute atomic E-state index is 12.7. The Bertz CT molecular complexity index is 552. The van der Waals surface area contributed by atoms with Gasteiger partial charge in [-0.2, -0.15) is 0 Å². The first-order valence-electron chi connectivity index (χ1n) is 8.88. The number of likely N-dealkylation sites (tertiary alicyclic amines) is 1. The largest absolute Gasteiger partial charge is 0.381 e. The molecule has 3 fully saturated rings. The summed E-state index contributed by atoms with van der Waals surface area (Å²) in [5.41, 5.74) is 2.95. The van der Waals surface area contributed by atoms with Crippen LogP contribution in [0.3, 0.4) is 0 Å². The summed E-state index contributed by atoms with van der Waals surface area (Å²) in [6, 6.07) is 0.0629. The molecule has 23 heavy (non-hydrogen) atoms. The van der Waals surface area contributed by atoms with E-state index in [4.69, 9.17) is 4.74 Å². The van der Waals surface area contributed by atoms with Gasteiger partial charge in [0.25, 0.3) is 0 Å². The Hall–Kier alpha value is -1.14. The first kappa shape index (κ1) is 15.4. The van der Waals surface area contributed by atoms with Crippen molar-refractivity contribution in [2.75, 3.05) is 31.6 Å². The van der Waals surface area contributed by atoms with Crippen LogP contribution < -0.4 is 5.32 Å². The minimum Gasteiger partial charge on any atom is -0.381 e. The van der Waals surface area contributed by atoms with E-state index in [9.17, 15) is 4.79 Å². The molecule has 6 heteroatoms. The zero-order chi connectivity index (χ0) is 15.6. The molecular formula is C17H25N3O2S. The van der Waals surface area contributed by atoms with Gasteiger partial charge in [-0.3, -0.25) is 5.32 Å². The molecule has 2 amide bonds. The lowest BCUT2D eigenvalue weighted by Gasteiger charge is -2.38. The molecule has 1 aliphatic carbocycles. The maximum Gasteiger partial charge on any atom is 0.322 e. The molecule has 0 spiro atoms. The van der Waals surface area contributed by atoms with Gasteiger partial charge in [0.2, 0.25) is 0 Å². The highest BCUT2D eigenvalue weighted by Gasteiger charge is 2.32. The summed E-state index contributed by atoms with van der Waals surface area (Å²) in [6.45, 7) is 3.55. The van der Waals surface area contributed by atoms with Gasteiger partial charge in [0.1, 0.15) is 5.00 Å². The number of carbonyl (C=O) groups is 1. The van der Waals surface area contributed by atoms with Crippen molar-refractivity contribution < 1.29 is 9.53 Å². The molecule has 1 N–H and O–H groups in total.